The number of nitrogen functional groups attached to an aromatic ring is 1. The molecule has 3 rings (SSSR count). The van der Waals surface area contributed by atoms with E-state index in [0.29, 0.717) is 21.7 Å². The summed E-state index contributed by atoms with van der Waals surface area (Å²) >= 11 is 1.24. The van der Waals surface area contributed by atoms with Crippen LogP contribution in [0.25, 0.3) is 5.69 Å². The lowest BCUT2D eigenvalue weighted by atomic mass is 10.3. The van der Waals surface area contributed by atoms with Crippen LogP contribution < -0.4 is 10.5 Å². The van der Waals surface area contributed by atoms with Crippen LogP contribution in [0.15, 0.2) is 46.8 Å². The van der Waals surface area contributed by atoms with Crippen molar-refractivity contribution in [1.82, 2.24) is 30.2 Å². The molecule has 21 heavy (non-hydrogen) atoms. The number of hydrogen-bond acceptors (Lipinski definition) is 8. The van der Waals surface area contributed by atoms with Crippen LogP contribution in [0.4, 0.5) is 5.69 Å². The van der Waals surface area contributed by atoms with Crippen LogP contribution >= 0.6 is 11.8 Å². The van der Waals surface area contributed by atoms with Gasteiger partial charge in [0.1, 0.15) is 17.0 Å². The first kappa shape index (κ1) is 13.3. The normalized spacial score (nSPS) is 10.5. The van der Waals surface area contributed by atoms with Gasteiger partial charge in [0, 0.05) is 0 Å². The smallest absolute Gasteiger partial charge is 0.241 e. The van der Waals surface area contributed by atoms with Gasteiger partial charge in [0.05, 0.1) is 12.8 Å². The summed E-state index contributed by atoms with van der Waals surface area (Å²) in [6, 6.07) is 9.56. The van der Waals surface area contributed by atoms with E-state index >= 15 is 0 Å². The Hall–Kier alpha value is -2.68. The Morgan fingerprint density at radius 1 is 1.19 bits per heavy atom. The molecule has 0 saturated carbocycles. The number of ether oxygens (including phenoxy) is 1. The minimum Gasteiger partial charge on any atom is -0.479 e. The SMILES string of the molecule is COc1ncnc(Sc2nnnn2-c2ccccc2)c1N. The highest BCUT2D eigenvalue weighted by Crippen LogP contribution is 2.33. The number of hydrogen-bond donors (Lipinski definition) is 1. The second kappa shape index (κ2) is 5.75. The van der Waals surface area contributed by atoms with Gasteiger partial charge in [-0.2, -0.15) is 9.67 Å². The quantitative estimate of drug-likeness (QED) is 0.717. The van der Waals surface area contributed by atoms with Crippen molar-refractivity contribution in [3.63, 3.8) is 0 Å². The van der Waals surface area contributed by atoms with Gasteiger partial charge in [-0.15, -0.1) is 5.10 Å². The highest BCUT2D eigenvalue weighted by Gasteiger charge is 2.15. The van der Waals surface area contributed by atoms with Gasteiger partial charge < -0.3 is 10.5 Å². The third kappa shape index (κ3) is 2.63. The molecule has 2 N–H and O–H groups in total. The second-order valence-corrected chi connectivity index (χ2v) is 4.87. The Balaban J connectivity index is 1.96. The van der Waals surface area contributed by atoms with Crippen molar-refractivity contribution in [2.24, 2.45) is 0 Å². The van der Waals surface area contributed by atoms with Gasteiger partial charge in [-0.1, -0.05) is 18.2 Å². The largest absolute Gasteiger partial charge is 0.479 e. The van der Waals surface area contributed by atoms with Crippen molar-refractivity contribution < 1.29 is 4.74 Å². The van der Waals surface area contributed by atoms with E-state index in [1.54, 1.807) is 4.68 Å². The predicted molar refractivity (Wildman–Crippen MR) is 76.3 cm³/mol. The van der Waals surface area contributed by atoms with E-state index in [2.05, 4.69) is 25.5 Å². The molecule has 8 nitrogen and oxygen atoms in total. The third-order valence-electron chi connectivity index (χ3n) is 2.63. The standard InChI is InChI=1S/C12H11N7OS/c1-20-10-9(13)11(15-7-14-10)21-12-16-17-18-19(12)8-5-3-2-4-6-8/h2-7H,13H2,1H3. The lowest BCUT2D eigenvalue weighted by Crippen LogP contribution is -2.01. The van der Waals surface area contributed by atoms with Gasteiger partial charge in [-0.25, -0.2) is 4.98 Å². The van der Waals surface area contributed by atoms with E-state index in [1.807, 2.05) is 30.3 Å². The van der Waals surface area contributed by atoms with Crippen LogP contribution in [-0.2, 0) is 0 Å². The average molecular weight is 301 g/mol. The van der Waals surface area contributed by atoms with Crippen molar-refractivity contribution in [2.45, 2.75) is 10.2 Å². The van der Waals surface area contributed by atoms with E-state index in [4.69, 9.17) is 10.5 Å². The van der Waals surface area contributed by atoms with Gasteiger partial charge in [0.15, 0.2) is 0 Å². The molecular weight excluding hydrogens is 290 g/mol. The topological polar surface area (TPSA) is 105 Å². The Morgan fingerprint density at radius 2 is 2.00 bits per heavy atom. The zero-order chi connectivity index (χ0) is 14.7. The number of tetrazole rings is 1. The molecule has 0 amide bonds. The van der Waals surface area contributed by atoms with Gasteiger partial charge in [0.25, 0.3) is 0 Å². The molecule has 0 aliphatic heterocycles. The summed E-state index contributed by atoms with van der Waals surface area (Å²) in [5.74, 6) is 0.325. The van der Waals surface area contributed by atoms with Crippen molar-refractivity contribution in [1.29, 1.82) is 0 Å². The van der Waals surface area contributed by atoms with E-state index in [-0.39, 0.29) is 0 Å². The van der Waals surface area contributed by atoms with Gasteiger partial charge in [0.2, 0.25) is 11.0 Å². The van der Waals surface area contributed by atoms with E-state index in [9.17, 15) is 0 Å². The zero-order valence-electron chi connectivity index (χ0n) is 11.0. The Labute approximate surface area is 124 Å². The summed E-state index contributed by atoms with van der Waals surface area (Å²) in [7, 11) is 1.50. The van der Waals surface area contributed by atoms with Gasteiger partial charge >= 0.3 is 0 Å². The van der Waals surface area contributed by atoms with Crippen molar-refractivity contribution in [2.75, 3.05) is 12.8 Å². The van der Waals surface area contributed by atoms with E-state index < -0.39 is 0 Å². The van der Waals surface area contributed by atoms with Crippen LogP contribution in [0.3, 0.4) is 0 Å². The maximum Gasteiger partial charge on any atom is 0.241 e. The summed E-state index contributed by atoms with van der Waals surface area (Å²) in [5.41, 5.74) is 7.16. The average Bonchev–Trinajstić information content (AvgIpc) is 2.98. The molecule has 0 aliphatic carbocycles. The van der Waals surface area contributed by atoms with Crippen molar-refractivity contribution >= 4 is 17.4 Å². The first-order valence-corrected chi connectivity index (χ1v) is 6.77. The molecule has 0 radical (unpaired) electrons. The van der Waals surface area contributed by atoms with Crippen LogP contribution in [0.2, 0.25) is 0 Å². The van der Waals surface area contributed by atoms with E-state index in [1.165, 1.54) is 25.2 Å². The molecule has 106 valence electrons. The van der Waals surface area contributed by atoms with Crippen molar-refractivity contribution in [3.8, 4) is 11.6 Å². The molecule has 0 atom stereocenters. The highest BCUT2D eigenvalue weighted by atomic mass is 32.2. The second-order valence-electron chi connectivity index (χ2n) is 3.91. The number of rotatable bonds is 4. The molecule has 2 heterocycles. The Kier molecular flexibility index (Phi) is 3.65. The molecule has 0 fully saturated rings. The van der Waals surface area contributed by atoms with Gasteiger partial charge in [-0.3, -0.25) is 0 Å². The number of nitrogens with two attached hydrogens (primary N) is 1. The zero-order valence-corrected chi connectivity index (χ0v) is 11.9. The lowest BCUT2D eigenvalue weighted by Gasteiger charge is -2.07. The predicted octanol–water partition coefficient (Wildman–Crippen LogP) is 1.19. The molecule has 0 aliphatic rings. The monoisotopic (exact) mass is 301 g/mol. The van der Waals surface area contributed by atoms with E-state index in [0.717, 1.165) is 5.69 Å². The number of anilines is 1. The molecule has 9 heteroatoms. The molecule has 3 aromatic rings. The Morgan fingerprint density at radius 3 is 2.76 bits per heavy atom. The first-order chi connectivity index (χ1) is 10.3. The number of nitrogens with zero attached hydrogens (tertiary/aromatic N) is 6. The maximum absolute atomic E-state index is 5.95. The summed E-state index contributed by atoms with van der Waals surface area (Å²) < 4.78 is 6.68. The summed E-state index contributed by atoms with van der Waals surface area (Å²) in [6.45, 7) is 0. The number of aromatic nitrogens is 6. The highest BCUT2D eigenvalue weighted by molar-refractivity contribution is 7.99. The number of methoxy groups -OCH3 is 1. The molecular formula is C12H11N7OS. The third-order valence-corrected chi connectivity index (χ3v) is 3.59. The van der Waals surface area contributed by atoms with Crippen LogP contribution in [0.1, 0.15) is 0 Å². The summed E-state index contributed by atoms with van der Waals surface area (Å²) in [4.78, 5) is 8.07. The molecule has 0 saturated heterocycles. The van der Waals surface area contributed by atoms with Crippen LogP contribution in [0.5, 0.6) is 5.88 Å². The Bertz CT molecular complexity index is 746. The fraction of sp³-hybridized carbons (Fsp3) is 0.0833. The number of para-hydroxylation sites is 1. The summed E-state index contributed by atoms with van der Waals surface area (Å²) in [6.07, 6.45) is 1.38. The maximum atomic E-state index is 5.95. The van der Waals surface area contributed by atoms with Gasteiger partial charge in [-0.05, 0) is 34.3 Å². The number of benzene rings is 1. The minimum atomic E-state index is 0.325. The molecule has 0 spiro atoms. The molecule has 0 bridgehead atoms. The minimum absolute atomic E-state index is 0.325. The van der Waals surface area contributed by atoms with Crippen LogP contribution in [-0.4, -0.2) is 37.3 Å². The molecule has 1 aromatic carbocycles. The first-order valence-electron chi connectivity index (χ1n) is 5.95. The molecule has 2 aromatic heterocycles. The fourth-order valence-corrected chi connectivity index (χ4v) is 2.44. The molecule has 0 unspecified atom stereocenters. The lowest BCUT2D eigenvalue weighted by molar-refractivity contribution is 0.397. The summed E-state index contributed by atoms with van der Waals surface area (Å²) in [5, 5.41) is 12.7. The van der Waals surface area contributed by atoms with Crippen LogP contribution in [0, 0.1) is 0 Å². The fourth-order valence-electron chi connectivity index (χ4n) is 1.67. The van der Waals surface area contributed by atoms with Crippen molar-refractivity contribution in [3.05, 3.63) is 36.7 Å².